The fourth-order valence-electron chi connectivity index (χ4n) is 3.14. The Morgan fingerprint density at radius 1 is 1.40 bits per heavy atom. The Hall–Kier alpha value is -0.940. The van der Waals surface area contributed by atoms with Crippen molar-refractivity contribution in [3.8, 4) is 0 Å². The maximum Gasteiger partial charge on any atom is 0.310 e. The van der Waals surface area contributed by atoms with Crippen LogP contribution < -0.4 is 0 Å². The molecule has 0 amide bonds. The van der Waals surface area contributed by atoms with Crippen molar-refractivity contribution in [2.45, 2.75) is 52.0 Å². The van der Waals surface area contributed by atoms with Crippen LogP contribution in [0.1, 0.15) is 49.1 Å². The standard InChI is InChI=1S/C15H24N2O2S/c1-12-13(20-11-16-12)9-17(2)10-15(14(18)19)7-5-3-4-6-8-15/h11H,3-10H2,1-2H3,(H,18,19). The molecule has 112 valence electrons. The molecule has 5 heteroatoms. The highest BCUT2D eigenvalue weighted by Gasteiger charge is 2.39. The first-order chi connectivity index (χ1) is 9.53. The number of hydrogen-bond donors (Lipinski definition) is 1. The van der Waals surface area contributed by atoms with Crippen molar-refractivity contribution in [1.29, 1.82) is 0 Å². The van der Waals surface area contributed by atoms with Crippen LogP contribution >= 0.6 is 11.3 Å². The molecule has 1 N–H and O–H groups in total. The molecule has 1 aliphatic rings. The molecule has 2 rings (SSSR count). The summed E-state index contributed by atoms with van der Waals surface area (Å²) in [5, 5.41) is 9.71. The Balaban J connectivity index is 2.04. The lowest BCUT2D eigenvalue weighted by Gasteiger charge is -2.32. The number of rotatable bonds is 5. The number of aliphatic carboxylic acids is 1. The molecule has 0 aliphatic heterocycles. The van der Waals surface area contributed by atoms with Crippen molar-refractivity contribution in [2.24, 2.45) is 5.41 Å². The Morgan fingerprint density at radius 3 is 2.55 bits per heavy atom. The zero-order chi connectivity index (χ0) is 14.6. The molecule has 0 bridgehead atoms. The molecule has 0 saturated heterocycles. The SMILES string of the molecule is Cc1ncsc1CN(C)CC1(C(=O)O)CCCCCC1. The summed E-state index contributed by atoms with van der Waals surface area (Å²) in [6.45, 7) is 3.45. The van der Waals surface area contributed by atoms with Crippen LogP contribution in [0.5, 0.6) is 0 Å². The van der Waals surface area contributed by atoms with E-state index in [1.807, 2.05) is 19.5 Å². The highest BCUT2D eigenvalue weighted by atomic mass is 32.1. The Labute approximate surface area is 124 Å². The van der Waals surface area contributed by atoms with Crippen LogP contribution in [0.15, 0.2) is 5.51 Å². The highest BCUT2D eigenvalue weighted by Crippen LogP contribution is 2.36. The molecule has 20 heavy (non-hydrogen) atoms. The number of carbonyl (C=O) groups is 1. The van der Waals surface area contributed by atoms with Gasteiger partial charge in [-0.3, -0.25) is 4.79 Å². The van der Waals surface area contributed by atoms with Gasteiger partial charge in [-0.1, -0.05) is 25.7 Å². The van der Waals surface area contributed by atoms with E-state index >= 15 is 0 Å². The second-order valence-electron chi connectivity index (χ2n) is 6.03. The number of carboxylic acids is 1. The van der Waals surface area contributed by atoms with E-state index in [9.17, 15) is 9.90 Å². The Morgan fingerprint density at radius 2 is 2.05 bits per heavy atom. The fraction of sp³-hybridized carbons (Fsp3) is 0.733. The van der Waals surface area contributed by atoms with Gasteiger partial charge in [0, 0.05) is 18.0 Å². The number of thiazole rings is 1. The molecule has 1 heterocycles. The topological polar surface area (TPSA) is 53.4 Å². The fourth-order valence-corrected chi connectivity index (χ4v) is 4.00. The van der Waals surface area contributed by atoms with Gasteiger partial charge in [0.05, 0.1) is 16.6 Å². The van der Waals surface area contributed by atoms with Crippen molar-refractivity contribution in [2.75, 3.05) is 13.6 Å². The molecule has 0 aromatic carbocycles. The molecule has 1 saturated carbocycles. The third kappa shape index (κ3) is 3.58. The van der Waals surface area contributed by atoms with E-state index in [4.69, 9.17) is 0 Å². The second-order valence-corrected chi connectivity index (χ2v) is 6.97. The van der Waals surface area contributed by atoms with Crippen LogP contribution in [0.3, 0.4) is 0 Å². The van der Waals surface area contributed by atoms with Crippen LogP contribution in [-0.2, 0) is 11.3 Å². The number of nitrogens with zero attached hydrogens (tertiary/aromatic N) is 2. The minimum absolute atomic E-state index is 0.552. The largest absolute Gasteiger partial charge is 0.481 e. The van der Waals surface area contributed by atoms with Gasteiger partial charge in [0.15, 0.2) is 0 Å². The van der Waals surface area contributed by atoms with Crippen LogP contribution in [0.4, 0.5) is 0 Å². The third-order valence-corrected chi connectivity index (χ3v) is 5.27. The summed E-state index contributed by atoms with van der Waals surface area (Å²) < 4.78 is 0. The van der Waals surface area contributed by atoms with E-state index in [1.165, 1.54) is 17.7 Å². The summed E-state index contributed by atoms with van der Waals surface area (Å²) in [7, 11) is 2.02. The van der Waals surface area contributed by atoms with Crippen LogP contribution in [0, 0.1) is 12.3 Å². The lowest BCUT2D eigenvalue weighted by atomic mass is 9.80. The Bertz CT molecular complexity index is 450. The minimum atomic E-state index is -0.618. The first-order valence-electron chi connectivity index (χ1n) is 7.34. The average molecular weight is 296 g/mol. The lowest BCUT2D eigenvalue weighted by molar-refractivity contribution is -0.151. The zero-order valence-corrected chi connectivity index (χ0v) is 13.2. The van der Waals surface area contributed by atoms with Gasteiger partial charge >= 0.3 is 5.97 Å². The van der Waals surface area contributed by atoms with Gasteiger partial charge < -0.3 is 10.0 Å². The summed E-state index contributed by atoms with van der Waals surface area (Å²) in [4.78, 5) is 19.4. The Kier molecular flexibility index (Phi) is 5.16. The normalized spacial score (nSPS) is 18.9. The smallest absolute Gasteiger partial charge is 0.310 e. The van der Waals surface area contributed by atoms with Gasteiger partial charge in [0.1, 0.15) is 0 Å². The molecule has 0 spiro atoms. The van der Waals surface area contributed by atoms with Crippen molar-refractivity contribution >= 4 is 17.3 Å². The summed E-state index contributed by atoms with van der Waals surface area (Å²) >= 11 is 1.65. The maximum absolute atomic E-state index is 11.8. The van der Waals surface area contributed by atoms with Crippen LogP contribution in [0.2, 0.25) is 0 Å². The maximum atomic E-state index is 11.8. The first-order valence-corrected chi connectivity index (χ1v) is 8.22. The molecule has 1 aliphatic carbocycles. The van der Waals surface area contributed by atoms with E-state index < -0.39 is 11.4 Å². The number of carboxylic acid groups (broad SMARTS) is 1. The third-order valence-electron chi connectivity index (χ3n) is 4.35. The van der Waals surface area contributed by atoms with E-state index in [1.54, 1.807) is 11.3 Å². The average Bonchev–Trinajstić information content (AvgIpc) is 2.66. The molecule has 4 nitrogen and oxygen atoms in total. The molecule has 1 aromatic heterocycles. The number of aromatic nitrogens is 1. The van der Waals surface area contributed by atoms with Crippen molar-refractivity contribution in [1.82, 2.24) is 9.88 Å². The lowest BCUT2D eigenvalue weighted by Crippen LogP contribution is -2.41. The van der Waals surface area contributed by atoms with Gasteiger partial charge in [-0.15, -0.1) is 11.3 Å². The molecule has 0 atom stereocenters. The van der Waals surface area contributed by atoms with E-state index in [2.05, 4.69) is 9.88 Å². The monoisotopic (exact) mass is 296 g/mol. The van der Waals surface area contributed by atoms with Gasteiger partial charge in [0.25, 0.3) is 0 Å². The van der Waals surface area contributed by atoms with E-state index in [0.717, 1.165) is 37.9 Å². The summed E-state index contributed by atoms with van der Waals surface area (Å²) in [5.41, 5.74) is 2.37. The van der Waals surface area contributed by atoms with Crippen LogP contribution in [0.25, 0.3) is 0 Å². The number of hydrogen-bond acceptors (Lipinski definition) is 4. The van der Waals surface area contributed by atoms with Crippen molar-refractivity contribution < 1.29 is 9.90 Å². The molecule has 0 unspecified atom stereocenters. The van der Waals surface area contributed by atoms with Crippen molar-refractivity contribution in [3.05, 3.63) is 16.1 Å². The van der Waals surface area contributed by atoms with E-state index in [-0.39, 0.29) is 0 Å². The highest BCUT2D eigenvalue weighted by molar-refractivity contribution is 7.09. The number of aryl methyl sites for hydroxylation is 1. The molecule has 1 aromatic rings. The van der Waals surface area contributed by atoms with Crippen LogP contribution in [-0.4, -0.2) is 34.6 Å². The molecule has 0 radical (unpaired) electrons. The molecule has 1 fully saturated rings. The van der Waals surface area contributed by atoms with Crippen molar-refractivity contribution in [3.63, 3.8) is 0 Å². The van der Waals surface area contributed by atoms with Gasteiger partial charge in [-0.2, -0.15) is 0 Å². The summed E-state index contributed by atoms with van der Waals surface area (Å²) in [6.07, 6.45) is 6.06. The molecular weight excluding hydrogens is 272 g/mol. The van der Waals surface area contributed by atoms with Gasteiger partial charge in [-0.05, 0) is 26.8 Å². The quantitative estimate of drug-likeness (QED) is 0.847. The molecular formula is C15H24N2O2S. The zero-order valence-electron chi connectivity index (χ0n) is 12.4. The first kappa shape index (κ1) is 15.4. The van der Waals surface area contributed by atoms with Gasteiger partial charge in [0.2, 0.25) is 0 Å². The summed E-state index contributed by atoms with van der Waals surface area (Å²) in [5.74, 6) is -0.618. The second kappa shape index (κ2) is 6.68. The predicted molar refractivity (Wildman–Crippen MR) is 81.0 cm³/mol. The predicted octanol–water partition coefficient (Wildman–Crippen LogP) is 3.31. The van der Waals surface area contributed by atoms with E-state index in [0.29, 0.717) is 6.54 Å². The minimum Gasteiger partial charge on any atom is -0.481 e. The summed E-state index contributed by atoms with van der Waals surface area (Å²) in [6, 6.07) is 0. The van der Waals surface area contributed by atoms with Gasteiger partial charge in [-0.25, -0.2) is 4.98 Å².